The number of aryl methyl sites for hydroxylation is 1. The number of rotatable bonds is 6. The maximum Gasteiger partial charge on any atom is 0.123 e. The second-order valence-electron chi connectivity index (χ2n) is 7.03. The largest absolute Gasteiger partial charge is 0.508 e. The number of phenolic OH excluding ortho intramolecular Hbond substituents is 2. The fraction of sp³-hybridized carbons (Fsp3) is 0.524. The zero-order chi connectivity index (χ0) is 17.0. The van der Waals surface area contributed by atoms with Gasteiger partial charge in [0.15, 0.2) is 0 Å². The van der Waals surface area contributed by atoms with E-state index in [1.165, 1.54) is 23.6 Å². The average Bonchev–Trinajstić information content (AvgIpc) is 2.46. The summed E-state index contributed by atoms with van der Waals surface area (Å²) in [5.74, 6) is 0.900. The fourth-order valence-electron chi connectivity index (χ4n) is 3.74. The van der Waals surface area contributed by atoms with Crippen LogP contribution in [-0.2, 0) is 6.42 Å². The van der Waals surface area contributed by atoms with Crippen molar-refractivity contribution in [3.63, 3.8) is 0 Å². The van der Waals surface area contributed by atoms with Gasteiger partial charge < -0.3 is 10.2 Å². The quantitative estimate of drug-likeness (QED) is 0.511. The Hall–Kier alpha value is -1.70. The van der Waals surface area contributed by atoms with Crippen molar-refractivity contribution in [3.05, 3.63) is 47.1 Å². The number of hydrogen-bond acceptors (Lipinski definition) is 2. The maximum atomic E-state index is 10.5. The van der Waals surface area contributed by atoms with Crippen molar-refractivity contribution in [2.24, 2.45) is 5.92 Å². The third-order valence-electron chi connectivity index (χ3n) is 4.99. The monoisotopic (exact) mass is 314 g/mol. The SMILES string of the molecule is C=C(C)[C@H]1CCC(C)=C[C@@H]1c1c(O)cc(O)cc1CCCCC. The van der Waals surface area contributed by atoms with Crippen LogP contribution in [0.4, 0.5) is 0 Å². The van der Waals surface area contributed by atoms with Gasteiger partial charge in [0.1, 0.15) is 11.5 Å². The van der Waals surface area contributed by atoms with Gasteiger partial charge in [0, 0.05) is 17.5 Å². The van der Waals surface area contributed by atoms with Gasteiger partial charge >= 0.3 is 0 Å². The number of benzene rings is 1. The van der Waals surface area contributed by atoms with Gasteiger partial charge in [-0.05, 0) is 57.1 Å². The summed E-state index contributed by atoms with van der Waals surface area (Å²) >= 11 is 0. The molecule has 0 fully saturated rings. The van der Waals surface area contributed by atoms with Crippen LogP contribution in [-0.4, -0.2) is 10.2 Å². The first-order valence-electron chi connectivity index (χ1n) is 8.81. The first-order chi connectivity index (χ1) is 10.9. The minimum atomic E-state index is 0.154. The van der Waals surface area contributed by atoms with Crippen LogP contribution in [0.1, 0.15) is 69.9 Å². The van der Waals surface area contributed by atoms with E-state index in [-0.39, 0.29) is 17.4 Å². The van der Waals surface area contributed by atoms with Crippen LogP contribution in [0.25, 0.3) is 0 Å². The van der Waals surface area contributed by atoms with E-state index >= 15 is 0 Å². The van der Waals surface area contributed by atoms with Crippen LogP contribution < -0.4 is 0 Å². The summed E-state index contributed by atoms with van der Waals surface area (Å²) in [6.45, 7) is 10.6. The standard InChI is InChI=1S/C21H30O2/c1-5-6-7-8-16-12-17(22)13-20(23)21(16)19-11-15(4)9-10-18(19)14(2)3/h11-13,18-19,22-23H,2,5-10H2,1,3-4H3/t18-,19+/m1/s1. The predicted molar refractivity (Wildman–Crippen MR) is 97.0 cm³/mol. The Bertz CT molecular complexity index is 598. The molecule has 2 nitrogen and oxygen atoms in total. The molecule has 0 unspecified atom stereocenters. The molecule has 0 bridgehead atoms. The molecule has 0 amide bonds. The lowest BCUT2D eigenvalue weighted by Crippen LogP contribution is -2.18. The lowest BCUT2D eigenvalue weighted by molar-refractivity contribution is 0.423. The van der Waals surface area contributed by atoms with Gasteiger partial charge in [0.25, 0.3) is 0 Å². The molecule has 2 rings (SSSR count). The predicted octanol–water partition coefficient (Wildman–Crippen LogP) is 5.85. The van der Waals surface area contributed by atoms with Gasteiger partial charge in [0.05, 0.1) is 0 Å². The summed E-state index contributed by atoms with van der Waals surface area (Å²) in [5.41, 5.74) is 4.62. The highest BCUT2D eigenvalue weighted by Gasteiger charge is 2.29. The van der Waals surface area contributed by atoms with Crippen LogP contribution in [0.5, 0.6) is 11.5 Å². The Morgan fingerprint density at radius 1 is 1.26 bits per heavy atom. The molecule has 0 radical (unpaired) electrons. The van der Waals surface area contributed by atoms with E-state index in [0.29, 0.717) is 5.92 Å². The Morgan fingerprint density at radius 2 is 2.00 bits per heavy atom. The molecule has 2 heteroatoms. The van der Waals surface area contributed by atoms with Crippen molar-refractivity contribution in [3.8, 4) is 11.5 Å². The molecule has 1 aliphatic carbocycles. The molecule has 1 aromatic carbocycles. The van der Waals surface area contributed by atoms with Crippen molar-refractivity contribution in [1.29, 1.82) is 0 Å². The lowest BCUT2D eigenvalue weighted by Gasteiger charge is -2.32. The Kier molecular flexibility index (Phi) is 5.92. The molecule has 0 saturated heterocycles. The summed E-state index contributed by atoms with van der Waals surface area (Å²) in [4.78, 5) is 0. The highest BCUT2D eigenvalue weighted by Crippen LogP contribution is 2.45. The number of phenols is 2. The summed E-state index contributed by atoms with van der Waals surface area (Å²) in [5, 5.41) is 20.5. The molecule has 2 N–H and O–H groups in total. The third-order valence-corrected chi connectivity index (χ3v) is 4.99. The van der Waals surface area contributed by atoms with E-state index in [2.05, 4.69) is 33.4 Å². The van der Waals surface area contributed by atoms with E-state index in [1.807, 2.05) is 6.07 Å². The first kappa shape index (κ1) is 17.7. The van der Waals surface area contributed by atoms with Crippen LogP contribution in [0, 0.1) is 5.92 Å². The highest BCUT2D eigenvalue weighted by atomic mass is 16.3. The van der Waals surface area contributed by atoms with E-state index in [4.69, 9.17) is 0 Å². The molecule has 0 saturated carbocycles. The molecular formula is C21H30O2. The summed E-state index contributed by atoms with van der Waals surface area (Å²) in [7, 11) is 0. The van der Waals surface area contributed by atoms with Crippen LogP contribution in [0.2, 0.25) is 0 Å². The normalized spacial score (nSPS) is 21.1. The van der Waals surface area contributed by atoms with E-state index in [9.17, 15) is 10.2 Å². The summed E-state index contributed by atoms with van der Waals surface area (Å²) < 4.78 is 0. The molecule has 1 aliphatic rings. The molecule has 0 heterocycles. The van der Waals surface area contributed by atoms with Crippen molar-refractivity contribution < 1.29 is 10.2 Å². The van der Waals surface area contributed by atoms with Crippen LogP contribution >= 0.6 is 0 Å². The smallest absolute Gasteiger partial charge is 0.123 e. The molecule has 0 aliphatic heterocycles. The molecule has 0 spiro atoms. The van der Waals surface area contributed by atoms with Gasteiger partial charge in [-0.1, -0.05) is 43.6 Å². The van der Waals surface area contributed by atoms with E-state index in [1.54, 1.807) is 0 Å². The van der Waals surface area contributed by atoms with Gasteiger partial charge in [-0.3, -0.25) is 0 Å². The number of aromatic hydroxyl groups is 2. The number of hydrogen-bond donors (Lipinski definition) is 2. The summed E-state index contributed by atoms with van der Waals surface area (Å²) in [6, 6.07) is 3.31. The van der Waals surface area contributed by atoms with Crippen molar-refractivity contribution in [2.75, 3.05) is 0 Å². The minimum absolute atomic E-state index is 0.154. The summed E-state index contributed by atoms with van der Waals surface area (Å²) in [6.07, 6.45) is 8.78. The van der Waals surface area contributed by atoms with Crippen molar-refractivity contribution in [2.45, 2.75) is 65.2 Å². The van der Waals surface area contributed by atoms with E-state index < -0.39 is 0 Å². The van der Waals surface area contributed by atoms with Gasteiger partial charge in [-0.15, -0.1) is 0 Å². The average molecular weight is 314 g/mol. The fourth-order valence-corrected chi connectivity index (χ4v) is 3.74. The second kappa shape index (κ2) is 7.72. The zero-order valence-corrected chi connectivity index (χ0v) is 14.7. The minimum Gasteiger partial charge on any atom is -0.508 e. The number of unbranched alkanes of at least 4 members (excludes halogenated alkanes) is 2. The topological polar surface area (TPSA) is 40.5 Å². The number of allylic oxidation sites excluding steroid dienone is 3. The van der Waals surface area contributed by atoms with Crippen molar-refractivity contribution in [1.82, 2.24) is 0 Å². The maximum absolute atomic E-state index is 10.5. The van der Waals surface area contributed by atoms with Crippen LogP contribution in [0.3, 0.4) is 0 Å². The molecule has 2 atom stereocenters. The molecule has 23 heavy (non-hydrogen) atoms. The molecule has 126 valence electrons. The van der Waals surface area contributed by atoms with Gasteiger partial charge in [-0.2, -0.15) is 0 Å². The molecular weight excluding hydrogens is 284 g/mol. The zero-order valence-electron chi connectivity index (χ0n) is 14.7. The van der Waals surface area contributed by atoms with Gasteiger partial charge in [-0.25, -0.2) is 0 Å². The van der Waals surface area contributed by atoms with Crippen LogP contribution in [0.15, 0.2) is 35.9 Å². The Labute approximate surface area is 140 Å². The first-order valence-corrected chi connectivity index (χ1v) is 8.81. The molecule has 1 aromatic rings. The molecule has 0 aromatic heterocycles. The van der Waals surface area contributed by atoms with Gasteiger partial charge in [0.2, 0.25) is 0 Å². The Balaban J connectivity index is 2.46. The van der Waals surface area contributed by atoms with Crippen molar-refractivity contribution >= 4 is 0 Å². The second-order valence-corrected chi connectivity index (χ2v) is 7.03. The van der Waals surface area contributed by atoms with E-state index in [0.717, 1.165) is 43.2 Å². The Morgan fingerprint density at radius 3 is 2.65 bits per heavy atom. The highest BCUT2D eigenvalue weighted by molar-refractivity contribution is 5.50. The lowest BCUT2D eigenvalue weighted by atomic mass is 9.72. The third kappa shape index (κ3) is 4.19.